The molecule has 1 aliphatic heterocycles. The van der Waals surface area contributed by atoms with Crippen molar-refractivity contribution in [2.75, 3.05) is 25.6 Å². The van der Waals surface area contributed by atoms with Gasteiger partial charge in [-0.2, -0.15) is 0 Å². The number of aliphatic hydroxyl groups is 3. The molecule has 8 nitrogen and oxygen atoms in total. The van der Waals surface area contributed by atoms with Gasteiger partial charge in [0.25, 0.3) is 0 Å². The zero-order valence-corrected chi connectivity index (χ0v) is 12.8. The quantitative estimate of drug-likeness (QED) is 0.629. The molecule has 0 spiro atoms. The lowest BCUT2D eigenvalue weighted by Crippen LogP contribution is -2.33. The first-order valence-electron chi connectivity index (χ1n) is 7.11. The van der Waals surface area contributed by atoms with Crippen molar-refractivity contribution in [3.8, 4) is 12.3 Å². The van der Waals surface area contributed by atoms with E-state index >= 15 is 0 Å². The molecule has 3 heterocycles. The molecule has 0 radical (unpaired) electrons. The summed E-state index contributed by atoms with van der Waals surface area (Å²) in [4.78, 5) is 10.3. The van der Waals surface area contributed by atoms with Gasteiger partial charge in [0.05, 0.1) is 17.6 Å². The highest BCUT2D eigenvalue weighted by atomic mass is 16.6. The lowest BCUT2D eigenvalue weighted by atomic mass is 10.1. The van der Waals surface area contributed by atoms with Crippen molar-refractivity contribution in [1.82, 2.24) is 14.5 Å². The number of hydrogen-bond acceptors (Lipinski definition) is 7. The smallest absolute Gasteiger partial charge is 0.164 e. The van der Waals surface area contributed by atoms with E-state index in [1.807, 2.05) is 19.0 Å². The van der Waals surface area contributed by atoms with E-state index in [0.29, 0.717) is 22.4 Å². The Labute approximate surface area is 133 Å². The van der Waals surface area contributed by atoms with E-state index in [4.69, 9.17) is 11.2 Å². The summed E-state index contributed by atoms with van der Waals surface area (Å²) in [6.45, 7) is -0.395. The number of hydrogen-bond donors (Lipinski definition) is 3. The van der Waals surface area contributed by atoms with Crippen molar-refractivity contribution in [3.63, 3.8) is 0 Å². The largest absolute Gasteiger partial charge is 0.394 e. The van der Waals surface area contributed by atoms with Crippen molar-refractivity contribution in [2.45, 2.75) is 24.5 Å². The molecular weight excluding hydrogens is 300 g/mol. The van der Waals surface area contributed by atoms with Crippen LogP contribution in [-0.2, 0) is 4.74 Å². The standard InChI is InChI=1S/C15H18N4O4/c1-4-8-5-19(15-12(22)11(21)9(6-20)23-15)14-10(8)13(18(2)3)16-7-17-14/h1,5,7,9,11-12,15,20-22H,6H2,2-3H3/t9-,11-,12-,15-/m1/s1. The Morgan fingerprint density at radius 2 is 2.09 bits per heavy atom. The Bertz CT molecular complexity index is 767. The molecule has 4 atom stereocenters. The molecule has 122 valence electrons. The lowest BCUT2D eigenvalue weighted by Gasteiger charge is -2.18. The second-order valence-electron chi connectivity index (χ2n) is 5.61. The van der Waals surface area contributed by atoms with Gasteiger partial charge in [0.15, 0.2) is 6.23 Å². The predicted molar refractivity (Wildman–Crippen MR) is 82.8 cm³/mol. The number of fused-ring (bicyclic) bond motifs is 1. The van der Waals surface area contributed by atoms with Gasteiger partial charge >= 0.3 is 0 Å². The molecule has 0 aromatic carbocycles. The monoisotopic (exact) mass is 318 g/mol. The topological polar surface area (TPSA) is 104 Å². The predicted octanol–water partition coefficient (Wildman–Crippen LogP) is -0.910. The molecule has 2 aromatic rings. The first kappa shape index (κ1) is 15.7. The molecule has 1 fully saturated rings. The van der Waals surface area contributed by atoms with Crippen LogP contribution in [0, 0.1) is 12.3 Å². The molecule has 1 aliphatic rings. The molecular formula is C15H18N4O4. The molecule has 2 aromatic heterocycles. The average molecular weight is 318 g/mol. The van der Waals surface area contributed by atoms with Crippen LogP contribution in [0.1, 0.15) is 11.8 Å². The van der Waals surface area contributed by atoms with Crippen LogP contribution in [-0.4, -0.2) is 68.9 Å². The minimum atomic E-state index is -1.20. The fourth-order valence-electron chi connectivity index (χ4n) is 2.82. The fourth-order valence-corrected chi connectivity index (χ4v) is 2.82. The molecule has 23 heavy (non-hydrogen) atoms. The van der Waals surface area contributed by atoms with Gasteiger partial charge in [-0.05, 0) is 0 Å². The Hall–Kier alpha value is -2.18. The van der Waals surface area contributed by atoms with Crippen LogP contribution in [0.2, 0.25) is 0 Å². The maximum absolute atomic E-state index is 10.2. The molecule has 0 unspecified atom stereocenters. The highest BCUT2D eigenvalue weighted by molar-refractivity contribution is 5.93. The molecule has 0 aliphatic carbocycles. The van der Waals surface area contributed by atoms with Crippen LogP contribution < -0.4 is 4.90 Å². The van der Waals surface area contributed by atoms with E-state index in [-0.39, 0.29) is 0 Å². The van der Waals surface area contributed by atoms with Crippen LogP contribution in [0.25, 0.3) is 11.0 Å². The van der Waals surface area contributed by atoms with Gasteiger partial charge in [0.1, 0.15) is 36.1 Å². The second kappa shape index (κ2) is 5.79. The van der Waals surface area contributed by atoms with Crippen LogP contribution in [0.3, 0.4) is 0 Å². The van der Waals surface area contributed by atoms with Crippen LogP contribution >= 0.6 is 0 Å². The first-order valence-corrected chi connectivity index (χ1v) is 7.11. The van der Waals surface area contributed by atoms with Gasteiger partial charge in [0.2, 0.25) is 0 Å². The van der Waals surface area contributed by atoms with Gasteiger partial charge in [0, 0.05) is 20.3 Å². The van der Waals surface area contributed by atoms with Gasteiger partial charge < -0.3 is 29.5 Å². The van der Waals surface area contributed by atoms with E-state index in [1.54, 1.807) is 10.8 Å². The summed E-state index contributed by atoms with van der Waals surface area (Å²) < 4.78 is 7.13. The first-order chi connectivity index (χ1) is 11.0. The van der Waals surface area contributed by atoms with Crippen LogP contribution in [0.5, 0.6) is 0 Å². The summed E-state index contributed by atoms with van der Waals surface area (Å²) in [5.74, 6) is 3.23. The Kier molecular flexibility index (Phi) is 3.95. The zero-order chi connectivity index (χ0) is 16.7. The fraction of sp³-hybridized carbons (Fsp3) is 0.467. The van der Waals surface area contributed by atoms with Crippen molar-refractivity contribution >= 4 is 16.9 Å². The highest BCUT2D eigenvalue weighted by Gasteiger charge is 2.44. The Morgan fingerprint density at radius 1 is 1.35 bits per heavy atom. The number of aromatic nitrogens is 3. The molecule has 0 bridgehead atoms. The minimum absolute atomic E-state index is 0.395. The van der Waals surface area contributed by atoms with Crippen molar-refractivity contribution < 1.29 is 20.1 Å². The minimum Gasteiger partial charge on any atom is -0.394 e. The Balaban J connectivity index is 2.17. The summed E-state index contributed by atoms with van der Waals surface area (Å²) in [7, 11) is 3.68. The van der Waals surface area contributed by atoms with Gasteiger partial charge in [-0.25, -0.2) is 9.97 Å². The number of rotatable bonds is 3. The van der Waals surface area contributed by atoms with Crippen LogP contribution in [0.15, 0.2) is 12.5 Å². The molecule has 3 N–H and O–H groups in total. The van der Waals surface area contributed by atoms with E-state index < -0.39 is 31.1 Å². The number of anilines is 1. The third-order valence-corrected chi connectivity index (χ3v) is 3.96. The van der Waals surface area contributed by atoms with Crippen molar-refractivity contribution in [1.29, 1.82) is 0 Å². The molecule has 3 rings (SSSR count). The molecule has 0 amide bonds. The van der Waals surface area contributed by atoms with E-state index in [2.05, 4.69) is 15.9 Å². The normalized spacial score (nSPS) is 27.3. The van der Waals surface area contributed by atoms with Gasteiger partial charge in [-0.3, -0.25) is 0 Å². The highest BCUT2D eigenvalue weighted by Crippen LogP contribution is 2.35. The molecule has 0 saturated carbocycles. The summed E-state index contributed by atoms with van der Waals surface area (Å²) in [5, 5.41) is 30.1. The maximum atomic E-state index is 10.2. The summed E-state index contributed by atoms with van der Waals surface area (Å²) in [6.07, 6.45) is 4.47. The zero-order valence-electron chi connectivity index (χ0n) is 12.8. The maximum Gasteiger partial charge on any atom is 0.164 e. The van der Waals surface area contributed by atoms with E-state index in [9.17, 15) is 15.3 Å². The van der Waals surface area contributed by atoms with Crippen LogP contribution in [0.4, 0.5) is 5.82 Å². The summed E-state index contributed by atoms with van der Waals surface area (Å²) in [6, 6.07) is 0. The molecule has 1 saturated heterocycles. The van der Waals surface area contributed by atoms with E-state index in [1.165, 1.54) is 6.33 Å². The SMILES string of the molecule is C#Cc1cn([C@@H]2O[C@H](CO)[C@@H](O)[C@H]2O)c2ncnc(N(C)C)c12. The lowest BCUT2D eigenvalue weighted by molar-refractivity contribution is -0.0508. The third kappa shape index (κ3) is 2.34. The third-order valence-electron chi connectivity index (χ3n) is 3.96. The number of nitrogens with zero attached hydrogens (tertiary/aromatic N) is 4. The summed E-state index contributed by atoms with van der Waals surface area (Å²) in [5.41, 5.74) is 1.05. The van der Waals surface area contributed by atoms with Crippen molar-refractivity contribution in [2.24, 2.45) is 0 Å². The van der Waals surface area contributed by atoms with Gasteiger partial charge in [-0.15, -0.1) is 6.42 Å². The number of terminal acetylenes is 1. The average Bonchev–Trinajstić information content (AvgIpc) is 3.05. The van der Waals surface area contributed by atoms with E-state index in [0.717, 1.165) is 0 Å². The van der Waals surface area contributed by atoms with Crippen molar-refractivity contribution in [3.05, 3.63) is 18.1 Å². The summed E-state index contributed by atoms with van der Waals surface area (Å²) >= 11 is 0. The number of aliphatic hydroxyl groups excluding tert-OH is 3. The molecule has 8 heteroatoms. The van der Waals surface area contributed by atoms with Gasteiger partial charge in [-0.1, -0.05) is 5.92 Å². The number of ether oxygens (including phenoxy) is 1. The Morgan fingerprint density at radius 3 is 2.65 bits per heavy atom. The second-order valence-corrected chi connectivity index (χ2v) is 5.61.